The van der Waals surface area contributed by atoms with Crippen molar-refractivity contribution < 1.29 is 19.1 Å². The lowest BCUT2D eigenvalue weighted by atomic mass is 10.1. The van der Waals surface area contributed by atoms with Crippen molar-refractivity contribution in [3.05, 3.63) is 53.9 Å². The average molecular weight is 383 g/mol. The van der Waals surface area contributed by atoms with Gasteiger partial charge in [0.05, 0.1) is 27.1 Å². The number of ether oxygens (including phenoxy) is 2. The Hall–Kier alpha value is -3.09. The highest BCUT2D eigenvalue weighted by atomic mass is 16.5. The summed E-state index contributed by atoms with van der Waals surface area (Å²) in [6.45, 7) is 2.14. The van der Waals surface area contributed by atoms with Crippen molar-refractivity contribution in [2.45, 2.75) is 12.8 Å². The van der Waals surface area contributed by atoms with Crippen LogP contribution in [0.15, 0.2) is 42.6 Å². The van der Waals surface area contributed by atoms with Crippen LogP contribution in [0.3, 0.4) is 0 Å². The Bertz CT molecular complexity index is 818. The van der Waals surface area contributed by atoms with Gasteiger partial charge in [0, 0.05) is 49.7 Å². The van der Waals surface area contributed by atoms with E-state index in [1.807, 2.05) is 30.3 Å². The van der Waals surface area contributed by atoms with Gasteiger partial charge in [0.1, 0.15) is 11.5 Å². The summed E-state index contributed by atoms with van der Waals surface area (Å²) in [6, 6.07) is 11.0. The van der Waals surface area contributed by atoms with Gasteiger partial charge < -0.3 is 19.3 Å². The smallest absolute Gasteiger partial charge is 0.228 e. The minimum absolute atomic E-state index is 0.0280. The highest BCUT2D eigenvalue weighted by molar-refractivity contribution is 5.81. The second-order valence-electron chi connectivity index (χ2n) is 6.61. The van der Waals surface area contributed by atoms with E-state index in [0.29, 0.717) is 37.7 Å². The summed E-state index contributed by atoms with van der Waals surface area (Å²) in [6.07, 6.45) is 2.24. The maximum Gasteiger partial charge on any atom is 0.228 e. The third kappa shape index (κ3) is 4.79. The largest absolute Gasteiger partial charge is 0.497 e. The third-order valence-electron chi connectivity index (χ3n) is 4.88. The van der Waals surface area contributed by atoms with E-state index in [1.165, 1.54) is 0 Å². The van der Waals surface area contributed by atoms with E-state index < -0.39 is 0 Å². The summed E-state index contributed by atoms with van der Waals surface area (Å²) >= 11 is 0. The summed E-state index contributed by atoms with van der Waals surface area (Å²) in [4.78, 5) is 32.9. The van der Waals surface area contributed by atoms with Gasteiger partial charge in [-0.1, -0.05) is 12.1 Å². The molecule has 0 bridgehead atoms. The van der Waals surface area contributed by atoms with Gasteiger partial charge in [-0.2, -0.15) is 0 Å². The number of hydrogen-bond acceptors (Lipinski definition) is 5. The van der Waals surface area contributed by atoms with E-state index in [0.717, 1.165) is 11.3 Å². The van der Waals surface area contributed by atoms with E-state index in [-0.39, 0.29) is 24.7 Å². The molecule has 7 heteroatoms. The van der Waals surface area contributed by atoms with Crippen LogP contribution in [0.1, 0.15) is 11.3 Å². The summed E-state index contributed by atoms with van der Waals surface area (Å²) in [7, 11) is 3.17. The van der Waals surface area contributed by atoms with Crippen molar-refractivity contribution in [1.29, 1.82) is 0 Å². The van der Waals surface area contributed by atoms with Crippen molar-refractivity contribution in [2.75, 3.05) is 40.4 Å². The Labute approximate surface area is 164 Å². The van der Waals surface area contributed by atoms with Gasteiger partial charge in [0.2, 0.25) is 11.8 Å². The molecule has 0 atom stereocenters. The van der Waals surface area contributed by atoms with Gasteiger partial charge in [-0.25, -0.2) is 0 Å². The molecule has 1 aliphatic heterocycles. The fourth-order valence-electron chi connectivity index (χ4n) is 3.25. The molecule has 28 heavy (non-hydrogen) atoms. The van der Waals surface area contributed by atoms with Crippen LogP contribution in [0.5, 0.6) is 11.5 Å². The second-order valence-corrected chi connectivity index (χ2v) is 6.61. The fraction of sp³-hybridized carbons (Fsp3) is 0.381. The highest BCUT2D eigenvalue weighted by Gasteiger charge is 2.25. The monoisotopic (exact) mass is 383 g/mol. The minimum atomic E-state index is 0.0280. The van der Waals surface area contributed by atoms with Crippen LogP contribution in [-0.4, -0.2) is 67.0 Å². The Morgan fingerprint density at radius 1 is 0.929 bits per heavy atom. The minimum Gasteiger partial charge on any atom is -0.497 e. The summed E-state index contributed by atoms with van der Waals surface area (Å²) < 4.78 is 10.6. The lowest BCUT2D eigenvalue weighted by Crippen LogP contribution is -2.51. The number of hydrogen-bond donors (Lipinski definition) is 0. The topological polar surface area (TPSA) is 72.0 Å². The molecular formula is C21H25N3O4. The summed E-state index contributed by atoms with van der Waals surface area (Å²) in [5, 5.41) is 0. The average Bonchev–Trinajstić information content (AvgIpc) is 2.74. The normalized spacial score (nSPS) is 13.9. The Morgan fingerprint density at radius 3 is 2.18 bits per heavy atom. The maximum atomic E-state index is 12.7. The predicted molar refractivity (Wildman–Crippen MR) is 104 cm³/mol. The first-order chi connectivity index (χ1) is 13.6. The van der Waals surface area contributed by atoms with Gasteiger partial charge in [0.25, 0.3) is 0 Å². The number of nitrogens with zero attached hydrogens (tertiary/aromatic N) is 3. The van der Waals surface area contributed by atoms with Gasteiger partial charge >= 0.3 is 0 Å². The van der Waals surface area contributed by atoms with Crippen LogP contribution < -0.4 is 9.47 Å². The van der Waals surface area contributed by atoms with Crippen molar-refractivity contribution in [2.24, 2.45) is 0 Å². The van der Waals surface area contributed by atoms with Crippen molar-refractivity contribution >= 4 is 11.8 Å². The number of methoxy groups -OCH3 is 2. The molecule has 1 aromatic heterocycles. The molecule has 0 saturated carbocycles. The van der Waals surface area contributed by atoms with Crippen LogP contribution in [-0.2, 0) is 22.4 Å². The molecule has 1 saturated heterocycles. The van der Waals surface area contributed by atoms with E-state index >= 15 is 0 Å². The number of benzene rings is 1. The molecule has 3 rings (SSSR count). The molecule has 0 radical (unpaired) electrons. The molecule has 0 aliphatic carbocycles. The quantitative estimate of drug-likeness (QED) is 0.757. The zero-order valence-corrected chi connectivity index (χ0v) is 16.3. The Morgan fingerprint density at radius 2 is 1.61 bits per heavy atom. The van der Waals surface area contributed by atoms with Crippen molar-refractivity contribution in [3.8, 4) is 11.5 Å². The molecule has 2 amide bonds. The molecule has 1 aromatic carbocycles. The first-order valence-electron chi connectivity index (χ1n) is 9.27. The lowest BCUT2D eigenvalue weighted by molar-refractivity contribution is -0.138. The molecule has 0 N–H and O–H groups in total. The zero-order chi connectivity index (χ0) is 19.9. The number of rotatable bonds is 6. The first kappa shape index (κ1) is 19.7. The Balaban J connectivity index is 1.53. The van der Waals surface area contributed by atoms with Crippen LogP contribution in [0.2, 0.25) is 0 Å². The molecule has 2 aromatic rings. The molecule has 0 spiro atoms. The van der Waals surface area contributed by atoms with E-state index in [1.54, 1.807) is 36.3 Å². The number of piperazine rings is 1. The number of carbonyl (C=O) groups is 2. The number of pyridine rings is 1. The highest BCUT2D eigenvalue weighted by Crippen LogP contribution is 2.25. The number of carbonyl (C=O) groups excluding carboxylic acids is 2. The third-order valence-corrected chi connectivity index (χ3v) is 4.88. The number of aromatic nitrogens is 1. The van der Waals surface area contributed by atoms with E-state index in [2.05, 4.69) is 4.98 Å². The van der Waals surface area contributed by atoms with E-state index in [4.69, 9.17) is 9.47 Å². The summed E-state index contributed by atoms with van der Waals surface area (Å²) in [5.41, 5.74) is 1.58. The van der Waals surface area contributed by atoms with Crippen LogP contribution >= 0.6 is 0 Å². The molecule has 0 unspecified atom stereocenters. The first-order valence-corrected chi connectivity index (χ1v) is 9.27. The molecule has 1 fully saturated rings. The van der Waals surface area contributed by atoms with Crippen molar-refractivity contribution in [1.82, 2.24) is 14.8 Å². The molecule has 1 aliphatic rings. The standard InChI is InChI=1S/C21H25N3O4/c1-27-18-7-6-16(19(15-18)28-2)13-20(25)23-9-11-24(12-10-23)21(26)14-17-5-3-4-8-22-17/h3-8,15H,9-14H2,1-2H3. The SMILES string of the molecule is COc1ccc(CC(=O)N2CCN(C(=O)Cc3ccccn3)CC2)c(OC)c1. The maximum absolute atomic E-state index is 12.7. The molecule has 148 valence electrons. The summed E-state index contributed by atoms with van der Waals surface area (Å²) in [5.74, 6) is 1.40. The van der Waals surface area contributed by atoms with Gasteiger partial charge in [-0.15, -0.1) is 0 Å². The van der Waals surface area contributed by atoms with Gasteiger partial charge in [-0.05, 0) is 18.2 Å². The number of amides is 2. The predicted octanol–water partition coefficient (Wildman–Crippen LogP) is 1.55. The van der Waals surface area contributed by atoms with Gasteiger partial charge in [-0.3, -0.25) is 14.6 Å². The zero-order valence-electron chi connectivity index (χ0n) is 16.3. The van der Waals surface area contributed by atoms with Crippen LogP contribution in [0, 0.1) is 0 Å². The fourth-order valence-corrected chi connectivity index (χ4v) is 3.25. The second kappa shape index (κ2) is 9.21. The molecular weight excluding hydrogens is 358 g/mol. The van der Waals surface area contributed by atoms with Crippen LogP contribution in [0.25, 0.3) is 0 Å². The van der Waals surface area contributed by atoms with Gasteiger partial charge in [0.15, 0.2) is 0 Å². The Kier molecular flexibility index (Phi) is 6.47. The van der Waals surface area contributed by atoms with Crippen molar-refractivity contribution in [3.63, 3.8) is 0 Å². The molecule has 7 nitrogen and oxygen atoms in total. The van der Waals surface area contributed by atoms with Crippen LogP contribution in [0.4, 0.5) is 0 Å². The lowest BCUT2D eigenvalue weighted by Gasteiger charge is -2.35. The van der Waals surface area contributed by atoms with E-state index in [9.17, 15) is 9.59 Å². The molecule has 2 heterocycles.